The molecule has 0 unspecified atom stereocenters. The number of fused-ring (bicyclic) bond motifs is 2. The van der Waals surface area contributed by atoms with Gasteiger partial charge in [0.15, 0.2) is 5.76 Å². The molecule has 2 heterocycles. The van der Waals surface area contributed by atoms with Crippen LogP contribution < -0.4 is 4.90 Å². The molecule has 1 aromatic carbocycles. The summed E-state index contributed by atoms with van der Waals surface area (Å²) in [6.07, 6.45) is 1.74. The van der Waals surface area contributed by atoms with Crippen LogP contribution in [0.5, 0.6) is 0 Å². The van der Waals surface area contributed by atoms with Crippen LogP contribution in [0.3, 0.4) is 0 Å². The maximum atomic E-state index is 13.3. The Kier molecular flexibility index (Phi) is 3.58. The van der Waals surface area contributed by atoms with Gasteiger partial charge >= 0.3 is 0 Å². The van der Waals surface area contributed by atoms with E-state index in [4.69, 9.17) is 4.42 Å². The number of furan rings is 1. The first-order valence-electron chi connectivity index (χ1n) is 9.00. The number of aliphatic hydroxyl groups excluding tert-OH is 1. The summed E-state index contributed by atoms with van der Waals surface area (Å²) >= 11 is 0. The lowest BCUT2D eigenvalue weighted by Crippen LogP contribution is -2.35. The minimum Gasteiger partial charge on any atom is -0.455 e. The molecule has 4 nitrogen and oxygen atoms in total. The summed E-state index contributed by atoms with van der Waals surface area (Å²) in [7, 11) is 0. The molecule has 1 aliphatic heterocycles. The van der Waals surface area contributed by atoms with Crippen LogP contribution in [0.25, 0.3) is 0 Å². The van der Waals surface area contributed by atoms with Crippen LogP contribution in [0.15, 0.2) is 28.7 Å². The Morgan fingerprint density at radius 1 is 1.32 bits per heavy atom. The van der Waals surface area contributed by atoms with Crippen molar-refractivity contribution < 1.29 is 14.3 Å². The Bertz CT molecular complexity index is 849. The van der Waals surface area contributed by atoms with Crippen LogP contribution >= 0.6 is 0 Å². The summed E-state index contributed by atoms with van der Waals surface area (Å²) in [5.74, 6) is 1.05. The van der Waals surface area contributed by atoms with Gasteiger partial charge < -0.3 is 14.4 Å². The topological polar surface area (TPSA) is 53.7 Å². The van der Waals surface area contributed by atoms with E-state index in [2.05, 4.69) is 26.8 Å². The van der Waals surface area contributed by atoms with E-state index in [0.717, 1.165) is 35.4 Å². The number of aliphatic hydroxyl groups is 1. The summed E-state index contributed by atoms with van der Waals surface area (Å²) in [5.41, 5.74) is 3.75. The van der Waals surface area contributed by atoms with Crippen molar-refractivity contribution >= 4 is 11.6 Å². The van der Waals surface area contributed by atoms with Crippen LogP contribution in [0.1, 0.15) is 66.3 Å². The summed E-state index contributed by atoms with van der Waals surface area (Å²) in [6, 6.07) is 8.14. The van der Waals surface area contributed by atoms with Crippen molar-refractivity contribution in [2.45, 2.75) is 59.1 Å². The third kappa shape index (κ3) is 2.51. The number of anilines is 1. The van der Waals surface area contributed by atoms with Gasteiger partial charge in [0, 0.05) is 29.3 Å². The number of benzene rings is 1. The normalized spacial score (nSPS) is 24.1. The Morgan fingerprint density at radius 2 is 2.04 bits per heavy atom. The first-order chi connectivity index (χ1) is 11.8. The number of hydrogen-bond donors (Lipinski definition) is 1. The average Bonchev–Trinajstić information content (AvgIpc) is 3.02. The maximum absolute atomic E-state index is 13.3. The summed E-state index contributed by atoms with van der Waals surface area (Å²) in [6.45, 7) is 8.20. The predicted molar refractivity (Wildman–Crippen MR) is 96.9 cm³/mol. The van der Waals surface area contributed by atoms with Gasteiger partial charge in [-0.05, 0) is 43.7 Å². The van der Waals surface area contributed by atoms with E-state index in [-0.39, 0.29) is 17.4 Å². The monoisotopic (exact) mass is 339 g/mol. The second-order valence-corrected chi connectivity index (χ2v) is 8.31. The smallest absolute Gasteiger partial charge is 0.294 e. The summed E-state index contributed by atoms with van der Waals surface area (Å²) < 4.78 is 6.03. The lowest BCUT2D eigenvalue weighted by Gasteiger charge is -2.31. The zero-order valence-electron chi connectivity index (χ0n) is 15.3. The molecule has 0 bridgehead atoms. The second-order valence-electron chi connectivity index (χ2n) is 8.31. The van der Waals surface area contributed by atoms with Gasteiger partial charge in [-0.1, -0.05) is 32.0 Å². The highest BCUT2D eigenvalue weighted by Gasteiger charge is 2.39. The van der Waals surface area contributed by atoms with Crippen molar-refractivity contribution in [3.8, 4) is 0 Å². The van der Waals surface area contributed by atoms with Crippen molar-refractivity contribution in [2.75, 3.05) is 4.90 Å². The summed E-state index contributed by atoms with van der Waals surface area (Å²) in [5, 5.41) is 10.6. The number of rotatable bonds is 1. The highest BCUT2D eigenvalue weighted by Crippen LogP contribution is 2.44. The first kappa shape index (κ1) is 16.4. The van der Waals surface area contributed by atoms with E-state index in [9.17, 15) is 9.90 Å². The third-order valence-electron chi connectivity index (χ3n) is 5.61. The minimum absolute atomic E-state index is 0.0233. The number of amides is 1. The van der Waals surface area contributed by atoms with Crippen LogP contribution in [0, 0.1) is 12.3 Å². The molecular weight excluding hydrogens is 314 g/mol. The summed E-state index contributed by atoms with van der Waals surface area (Å²) in [4.78, 5) is 15.1. The molecule has 4 heteroatoms. The molecule has 0 spiro atoms. The Morgan fingerprint density at radius 3 is 2.80 bits per heavy atom. The first-order valence-corrected chi connectivity index (χ1v) is 9.00. The average molecular weight is 339 g/mol. The van der Waals surface area contributed by atoms with E-state index in [1.165, 1.54) is 5.56 Å². The number of carbonyl (C=O) groups excluding carboxylic acids is 1. The molecule has 2 aliphatic rings. The van der Waals surface area contributed by atoms with Gasteiger partial charge in [0.25, 0.3) is 5.91 Å². The molecule has 1 amide bonds. The molecule has 25 heavy (non-hydrogen) atoms. The second kappa shape index (κ2) is 5.46. The third-order valence-corrected chi connectivity index (χ3v) is 5.61. The zero-order valence-corrected chi connectivity index (χ0v) is 15.3. The van der Waals surface area contributed by atoms with E-state index >= 15 is 0 Å². The largest absolute Gasteiger partial charge is 0.455 e. The Balaban J connectivity index is 1.76. The number of para-hydroxylation sites is 1. The Labute approximate surface area is 148 Å². The van der Waals surface area contributed by atoms with Gasteiger partial charge in [-0.15, -0.1) is 0 Å². The van der Waals surface area contributed by atoms with Gasteiger partial charge in [-0.25, -0.2) is 0 Å². The Hall–Kier alpha value is -2.07. The minimum atomic E-state index is -0.563. The molecular formula is C21H25NO3. The van der Waals surface area contributed by atoms with Crippen molar-refractivity contribution in [1.29, 1.82) is 0 Å². The van der Waals surface area contributed by atoms with Crippen LogP contribution in [-0.4, -0.2) is 17.1 Å². The van der Waals surface area contributed by atoms with Gasteiger partial charge in [0.05, 0.1) is 6.10 Å². The van der Waals surface area contributed by atoms with E-state index in [0.29, 0.717) is 12.2 Å². The highest BCUT2D eigenvalue weighted by atomic mass is 16.4. The SMILES string of the molecule is Cc1c(C(=O)N2c3ccccc3C[C@H]2C)oc2c1[C@@H](O)CC(C)(C)C2. The molecule has 1 N–H and O–H groups in total. The molecule has 2 aromatic rings. The van der Waals surface area contributed by atoms with E-state index in [1.54, 1.807) is 0 Å². The van der Waals surface area contributed by atoms with Crippen LogP contribution in [-0.2, 0) is 12.8 Å². The predicted octanol–water partition coefficient (Wildman–Crippen LogP) is 4.19. The van der Waals surface area contributed by atoms with E-state index in [1.807, 2.05) is 30.0 Å². The van der Waals surface area contributed by atoms with Crippen LogP contribution in [0.2, 0.25) is 0 Å². The zero-order chi connectivity index (χ0) is 17.9. The van der Waals surface area contributed by atoms with Gasteiger partial charge in [0.1, 0.15) is 5.76 Å². The van der Waals surface area contributed by atoms with Gasteiger partial charge in [-0.2, -0.15) is 0 Å². The molecule has 132 valence electrons. The molecule has 0 saturated heterocycles. The molecule has 4 rings (SSSR count). The van der Waals surface area contributed by atoms with Crippen molar-refractivity contribution in [2.24, 2.45) is 5.41 Å². The number of hydrogen-bond acceptors (Lipinski definition) is 3. The lowest BCUT2D eigenvalue weighted by molar-refractivity contribution is 0.0898. The lowest BCUT2D eigenvalue weighted by atomic mass is 9.75. The molecule has 1 aromatic heterocycles. The highest BCUT2D eigenvalue weighted by molar-refractivity contribution is 6.07. The molecule has 0 fully saturated rings. The van der Waals surface area contributed by atoms with Crippen LogP contribution in [0.4, 0.5) is 5.69 Å². The van der Waals surface area contributed by atoms with Crippen molar-refractivity contribution in [3.05, 3.63) is 52.5 Å². The molecule has 0 radical (unpaired) electrons. The molecule has 2 atom stereocenters. The fraction of sp³-hybridized carbons (Fsp3) is 0.476. The van der Waals surface area contributed by atoms with E-state index < -0.39 is 6.10 Å². The van der Waals surface area contributed by atoms with Gasteiger partial charge in [-0.3, -0.25) is 4.79 Å². The van der Waals surface area contributed by atoms with Gasteiger partial charge in [0.2, 0.25) is 0 Å². The van der Waals surface area contributed by atoms with Crippen molar-refractivity contribution in [1.82, 2.24) is 0 Å². The standard InChI is InChI=1S/C21H25NO3/c1-12-9-14-7-5-6-8-15(14)22(12)20(24)19-13(2)18-16(23)10-21(3,4)11-17(18)25-19/h5-8,12,16,23H,9-11H2,1-4H3/t12-,16+/m1/s1. The maximum Gasteiger partial charge on any atom is 0.294 e. The number of nitrogens with zero attached hydrogens (tertiary/aromatic N) is 1. The van der Waals surface area contributed by atoms with Crippen molar-refractivity contribution in [3.63, 3.8) is 0 Å². The number of carbonyl (C=O) groups is 1. The molecule has 0 saturated carbocycles. The fourth-order valence-corrected chi connectivity index (χ4v) is 4.47. The fourth-order valence-electron chi connectivity index (χ4n) is 4.47. The quantitative estimate of drug-likeness (QED) is 0.848. The molecule has 1 aliphatic carbocycles.